The van der Waals surface area contributed by atoms with Crippen molar-refractivity contribution in [3.05, 3.63) is 70.9 Å². The lowest BCUT2D eigenvalue weighted by atomic mass is 10.0. The molecule has 128 valence electrons. The van der Waals surface area contributed by atoms with Gasteiger partial charge >= 0.3 is 5.97 Å². The number of aliphatic imine (C=N–C) groups is 1. The van der Waals surface area contributed by atoms with Crippen LogP contribution in [-0.4, -0.2) is 26.0 Å². The zero-order valence-corrected chi connectivity index (χ0v) is 15.0. The molecule has 25 heavy (non-hydrogen) atoms. The minimum absolute atomic E-state index is 0.320. The van der Waals surface area contributed by atoms with Gasteiger partial charge < -0.3 is 9.64 Å². The number of carbonyl (C=O) groups is 1. The number of benzene rings is 2. The van der Waals surface area contributed by atoms with Gasteiger partial charge in [0.15, 0.2) is 5.70 Å². The van der Waals surface area contributed by atoms with Crippen LogP contribution in [0.1, 0.15) is 36.5 Å². The van der Waals surface area contributed by atoms with E-state index in [-0.39, 0.29) is 0 Å². The lowest BCUT2D eigenvalue weighted by Gasteiger charge is -2.11. The fraction of sp³-hybridized carbons (Fsp3) is 0.238. The van der Waals surface area contributed by atoms with E-state index in [1.165, 1.54) is 5.56 Å². The summed E-state index contributed by atoms with van der Waals surface area (Å²) in [4.78, 5) is 18.5. The molecule has 0 N–H and O–H groups in total. The fourth-order valence-corrected chi connectivity index (χ4v) is 2.57. The maximum absolute atomic E-state index is 12.1. The lowest BCUT2D eigenvalue weighted by Crippen LogP contribution is -2.08. The van der Waals surface area contributed by atoms with Crippen LogP contribution >= 0.6 is 0 Å². The minimum atomic E-state index is -0.417. The summed E-state index contributed by atoms with van der Waals surface area (Å²) in [5, 5.41) is 0. The SMILES string of the molecule is CC(C)c1ccc(C2=N/C(=C\c3ccc(N(C)C)cc3)C(=O)O2)cc1. The number of carbonyl (C=O) groups excluding carboxylic acids is 1. The molecule has 4 heteroatoms. The molecule has 4 nitrogen and oxygen atoms in total. The molecule has 0 aromatic heterocycles. The van der Waals surface area contributed by atoms with E-state index in [1.54, 1.807) is 6.08 Å². The summed E-state index contributed by atoms with van der Waals surface area (Å²) < 4.78 is 5.33. The highest BCUT2D eigenvalue weighted by molar-refractivity contribution is 6.12. The quantitative estimate of drug-likeness (QED) is 0.621. The molecular weight excluding hydrogens is 312 g/mol. The van der Waals surface area contributed by atoms with Gasteiger partial charge in [-0.1, -0.05) is 38.1 Å². The van der Waals surface area contributed by atoms with Gasteiger partial charge in [-0.25, -0.2) is 9.79 Å². The smallest absolute Gasteiger partial charge is 0.363 e. The lowest BCUT2D eigenvalue weighted by molar-refractivity contribution is -0.129. The molecule has 2 aromatic carbocycles. The fourth-order valence-electron chi connectivity index (χ4n) is 2.57. The Balaban J connectivity index is 1.84. The number of hydrogen-bond acceptors (Lipinski definition) is 4. The monoisotopic (exact) mass is 334 g/mol. The highest BCUT2D eigenvalue weighted by Crippen LogP contribution is 2.22. The van der Waals surface area contributed by atoms with Gasteiger partial charge in [-0.05, 0) is 47.4 Å². The van der Waals surface area contributed by atoms with Gasteiger partial charge in [0.2, 0.25) is 5.90 Å². The third kappa shape index (κ3) is 3.79. The Morgan fingerprint density at radius 2 is 1.64 bits per heavy atom. The number of hydrogen-bond donors (Lipinski definition) is 0. The first-order valence-electron chi connectivity index (χ1n) is 8.34. The molecule has 0 radical (unpaired) electrons. The average Bonchev–Trinajstić information content (AvgIpc) is 2.96. The molecule has 1 aliphatic rings. The second-order valence-electron chi connectivity index (χ2n) is 6.60. The van der Waals surface area contributed by atoms with Crippen molar-refractivity contribution in [1.29, 1.82) is 0 Å². The number of anilines is 1. The van der Waals surface area contributed by atoms with E-state index in [1.807, 2.05) is 67.5 Å². The van der Waals surface area contributed by atoms with Crippen LogP contribution in [0.4, 0.5) is 5.69 Å². The van der Waals surface area contributed by atoms with Crippen molar-refractivity contribution in [3.63, 3.8) is 0 Å². The summed E-state index contributed by atoms with van der Waals surface area (Å²) >= 11 is 0. The predicted octanol–water partition coefficient (Wildman–Crippen LogP) is 4.22. The molecule has 3 rings (SSSR count). The highest BCUT2D eigenvalue weighted by atomic mass is 16.6. The Morgan fingerprint density at radius 3 is 2.20 bits per heavy atom. The van der Waals surface area contributed by atoms with E-state index in [0.29, 0.717) is 17.5 Å². The zero-order chi connectivity index (χ0) is 18.0. The topological polar surface area (TPSA) is 41.9 Å². The summed E-state index contributed by atoms with van der Waals surface area (Å²) in [6.45, 7) is 4.29. The second-order valence-corrected chi connectivity index (χ2v) is 6.60. The first kappa shape index (κ1) is 17.0. The van der Waals surface area contributed by atoms with Crippen molar-refractivity contribution in [2.75, 3.05) is 19.0 Å². The number of ether oxygens (including phenoxy) is 1. The Kier molecular flexibility index (Phi) is 4.70. The van der Waals surface area contributed by atoms with Crippen LogP contribution in [0.5, 0.6) is 0 Å². The Morgan fingerprint density at radius 1 is 1.00 bits per heavy atom. The van der Waals surface area contributed by atoms with Gasteiger partial charge in [0.1, 0.15) is 0 Å². The molecular formula is C21H22N2O2. The second kappa shape index (κ2) is 6.93. The number of cyclic esters (lactones) is 1. The summed E-state index contributed by atoms with van der Waals surface area (Å²) in [7, 11) is 3.98. The van der Waals surface area contributed by atoms with Crippen LogP contribution in [0, 0.1) is 0 Å². The van der Waals surface area contributed by atoms with E-state index in [0.717, 1.165) is 16.8 Å². The van der Waals surface area contributed by atoms with Crippen LogP contribution in [0.2, 0.25) is 0 Å². The van der Waals surface area contributed by atoms with Crippen LogP contribution in [-0.2, 0) is 9.53 Å². The van der Waals surface area contributed by atoms with Crippen LogP contribution in [0.25, 0.3) is 6.08 Å². The van der Waals surface area contributed by atoms with Gasteiger partial charge in [-0.15, -0.1) is 0 Å². The molecule has 1 heterocycles. The molecule has 0 atom stereocenters. The third-order valence-electron chi connectivity index (χ3n) is 4.16. The number of rotatable bonds is 4. The van der Waals surface area contributed by atoms with Crippen LogP contribution in [0.3, 0.4) is 0 Å². The average molecular weight is 334 g/mol. The van der Waals surface area contributed by atoms with Gasteiger partial charge in [0.25, 0.3) is 0 Å². The molecule has 0 bridgehead atoms. The molecule has 0 saturated carbocycles. The molecule has 0 amide bonds. The minimum Gasteiger partial charge on any atom is -0.402 e. The molecule has 0 saturated heterocycles. The molecule has 0 spiro atoms. The Bertz CT molecular complexity index is 829. The van der Waals surface area contributed by atoms with E-state index in [9.17, 15) is 4.79 Å². The van der Waals surface area contributed by atoms with Gasteiger partial charge in [-0.3, -0.25) is 0 Å². The van der Waals surface area contributed by atoms with Crippen molar-refractivity contribution in [3.8, 4) is 0 Å². The zero-order valence-electron chi connectivity index (χ0n) is 15.0. The maximum atomic E-state index is 12.1. The summed E-state index contributed by atoms with van der Waals surface area (Å²) in [5.74, 6) is 0.402. The van der Waals surface area contributed by atoms with Gasteiger partial charge in [0.05, 0.1) is 0 Å². The summed E-state index contributed by atoms with van der Waals surface area (Å²) in [5.41, 5.74) is 4.39. The largest absolute Gasteiger partial charge is 0.402 e. The van der Waals surface area contributed by atoms with Crippen molar-refractivity contribution in [2.24, 2.45) is 4.99 Å². The van der Waals surface area contributed by atoms with E-state index >= 15 is 0 Å². The number of esters is 1. The predicted molar refractivity (Wildman–Crippen MR) is 102 cm³/mol. The molecule has 2 aromatic rings. The normalized spacial score (nSPS) is 15.5. The van der Waals surface area contributed by atoms with Crippen LogP contribution < -0.4 is 4.90 Å². The van der Waals surface area contributed by atoms with Crippen molar-refractivity contribution in [1.82, 2.24) is 0 Å². The molecule has 0 aliphatic carbocycles. The van der Waals surface area contributed by atoms with Crippen molar-refractivity contribution < 1.29 is 9.53 Å². The highest BCUT2D eigenvalue weighted by Gasteiger charge is 2.24. The molecule has 0 fully saturated rings. The van der Waals surface area contributed by atoms with Gasteiger partial charge in [0, 0.05) is 25.3 Å². The van der Waals surface area contributed by atoms with Crippen molar-refractivity contribution in [2.45, 2.75) is 19.8 Å². The number of nitrogens with zero attached hydrogens (tertiary/aromatic N) is 2. The molecule has 1 aliphatic heterocycles. The third-order valence-corrected chi connectivity index (χ3v) is 4.16. The first-order chi connectivity index (χ1) is 11.9. The van der Waals surface area contributed by atoms with E-state index < -0.39 is 5.97 Å². The Hall–Kier alpha value is -2.88. The van der Waals surface area contributed by atoms with Crippen molar-refractivity contribution >= 4 is 23.6 Å². The van der Waals surface area contributed by atoms with E-state index in [4.69, 9.17) is 4.74 Å². The maximum Gasteiger partial charge on any atom is 0.363 e. The van der Waals surface area contributed by atoms with E-state index in [2.05, 4.69) is 18.8 Å². The summed E-state index contributed by atoms with van der Waals surface area (Å²) in [6.07, 6.45) is 1.75. The van der Waals surface area contributed by atoms with Gasteiger partial charge in [-0.2, -0.15) is 0 Å². The summed E-state index contributed by atoms with van der Waals surface area (Å²) in [6, 6.07) is 15.9. The first-order valence-corrected chi connectivity index (χ1v) is 8.34. The van der Waals surface area contributed by atoms with Crippen LogP contribution in [0.15, 0.2) is 59.2 Å². The standard InChI is InChI=1S/C21H22N2O2/c1-14(2)16-7-9-17(10-8-16)20-22-19(21(24)25-20)13-15-5-11-18(12-6-15)23(3)4/h5-14H,1-4H3/b19-13-. The molecule has 0 unspecified atom stereocenters. The Labute approximate surface area is 148 Å².